The zero-order valence-electron chi connectivity index (χ0n) is 14.9. The summed E-state index contributed by atoms with van der Waals surface area (Å²) in [4.78, 5) is 0. The smallest absolute Gasteiger partial charge is 0.233 e. The van der Waals surface area contributed by atoms with Gasteiger partial charge in [-0.25, -0.2) is 0 Å². The van der Waals surface area contributed by atoms with E-state index in [0.717, 1.165) is 0 Å². The van der Waals surface area contributed by atoms with Crippen LogP contribution in [-0.4, -0.2) is 18.3 Å². The third-order valence-electron chi connectivity index (χ3n) is 5.03. The van der Waals surface area contributed by atoms with Crippen molar-refractivity contribution in [3.05, 3.63) is 99.5 Å². The van der Waals surface area contributed by atoms with Crippen molar-refractivity contribution in [1.82, 2.24) is 0 Å². The lowest BCUT2D eigenvalue weighted by Crippen LogP contribution is -2.51. The van der Waals surface area contributed by atoms with E-state index in [4.69, 9.17) is 38.4 Å². The van der Waals surface area contributed by atoms with Crippen molar-refractivity contribution >= 4 is 28.9 Å². The fraction of sp³-hybridized carbons (Fsp3) is 0.182. The van der Waals surface area contributed by atoms with E-state index < -0.39 is 11.4 Å². The first-order valence-electron chi connectivity index (χ1n) is 8.85. The molecular weight excluding hydrogens is 397 g/mol. The number of para-hydroxylation sites is 1. The monoisotopic (exact) mass is 415 g/mol. The zero-order valence-corrected chi connectivity index (χ0v) is 16.5. The number of hydrogen-bond donors (Lipinski definition) is 2. The van der Waals surface area contributed by atoms with Crippen molar-refractivity contribution < 1.29 is 14.6 Å². The van der Waals surface area contributed by atoms with Crippen LogP contribution in [0.15, 0.2) is 72.8 Å². The number of nitrogen functional groups attached to an aromatic ring is 1. The molecule has 0 amide bonds. The van der Waals surface area contributed by atoms with Gasteiger partial charge in [0, 0.05) is 16.1 Å². The van der Waals surface area contributed by atoms with Crippen molar-refractivity contribution in [3.8, 4) is 0 Å². The van der Waals surface area contributed by atoms with Crippen molar-refractivity contribution in [2.75, 3.05) is 18.9 Å². The predicted molar refractivity (Wildman–Crippen MR) is 110 cm³/mol. The zero-order chi connectivity index (χ0) is 19.8. The van der Waals surface area contributed by atoms with E-state index in [9.17, 15) is 5.11 Å². The number of aliphatic hydroxyl groups is 1. The van der Waals surface area contributed by atoms with Gasteiger partial charge in [0.1, 0.15) is 0 Å². The summed E-state index contributed by atoms with van der Waals surface area (Å²) >= 11 is 12.4. The summed E-state index contributed by atoms with van der Waals surface area (Å²) in [6.07, 6.45) is 0. The van der Waals surface area contributed by atoms with Crippen LogP contribution in [0.4, 0.5) is 5.69 Å². The van der Waals surface area contributed by atoms with Crippen LogP contribution in [0.5, 0.6) is 0 Å². The van der Waals surface area contributed by atoms with Gasteiger partial charge in [-0.2, -0.15) is 0 Å². The molecule has 0 aromatic heterocycles. The minimum atomic E-state index is -1.76. The largest absolute Gasteiger partial charge is 0.397 e. The molecule has 4 rings (SSSR count). The summed E-state index contributed by atoms with van der Waals surface area (Å²) in [5.74, 6) is -1.52. The Balaban J connectivity index is 2.04. The number of rotatable bonds is 4. The van der Waals surface area contributed by atoms with Crippen LogP contribution in [0.1, 0.15) is 16.7 Å². The Morgan fingerprint density at radius 2 is 1.50 bits per heavy atom. The Kier molecular flexibility index (Phi) is 5.08. The molecule has 1 atom stereocenters. The highest BCUT2D eigenvalue weighted by Gasteiger charge is 2.59. The first kappa shape index (κ1) is 19.2. The quantitative estimate of drug-likeness (QED) is 0.605. The molecule has 1 saturated heterocycles. The first-order chi connectivity index (χ1) is 13.5. The Labute approximate surface area is 173 Å². The third kappa shape index (κ3) is 2.89. The van der Waals surface area contributed by atoms with Crippen molar-refractivity contribution in [3.63, 3.8) is 0 Å². The van der Waals surface area contributed by atoms with Gasteiger partial charge in [-0.05, 0) is 23.8 Å². The fourth-order valence-corrected chi connectivity index (χ4v) is 4.02. The van der Waals surface area contributed by atoms with E-state index >= 15 is 0 Å². The van der Waals surface area contributed by atoms with Gasteiger partial charge in [0.15, 0.2) is 5.60 Å². The Hall–Kier alpha value is -2.08. The van der Waals surface area contributed by atoms with Crippen LogP contribution in [0.3, 0.4) is 0 Å². The second-order valence-electron chi connectivity index (χ2n) is 6.60. The van der Waals surface area contributed by atoms with Crippen molar-refractivity contribution in [2.24, 2.45) is 0 Å². The molecule has 0 saturated carbocycles. The predicted octanol–water partition coefficient (Wildman–Crippen LogP) is 4.71. The lowest BCUT2D eigenvalue weighted by molar-refractivity contribution is -0.269. The maximum Gasteiger partial charge on any atom is 0.233 e. The molecule has 3 aromatic carbocycles. The van der Waals surface area contributed by atoms with Crippen LogP contribution >= 0.6 is 23.2 Å². The number of halogens is 2. The SMILES string of the molecule is Nc1c(Cl)cccc1C(O)(c1ccccc1)C1(c2ccc(Cl)cc2)OCCO1. The minimum absolute atomic E-state index is 0.267. The molecule has 0 bridgehead atoms. The fourth-order valence-electron chi connectivity index (χ4n) is 3.72. The summed E-state index contributed by atoms with van der Waals surface area (Å²) < 4.78 is 12.2. The number of benzene rings is 3. The van der Waals surface area contributed by atoms with Gasteiger partial charge >= 0.3 is 0 Å². The Bertz CT molecular complexity index is 973. The van der Waals surface area contributed by atoms with Gasteiger partial charge in [0.25, 0.3) is 0 Å². The number of nitrogens with two attached hydrogens (primary N) is 1. The number of hydrogen-bond acceptors (Lipinski definition) is 4. The van der Waals surface area contributed by atoms with Crippen molar-refractivity contribution in [1.29, 1.82) is 0 Å². The molecule has 3 aromatic rings. The van der Waals surface area contributed by atoms with Gasteiger partial charge in [-0.3, -0.25) is 0 Å². The van der Waals surface area contributed by atoms with Gasteiger partial charge in [-0.1, -0.05) is 77.8 Å². The number of ether oxygens (including phenoxy) is 2. The molecule has 1 heterocycles. The summed E-state index contributed by atoms with van der Waals surface area (Å²) in [5.41, 5.74) is 6.42. The van der Waals surface area contributed by atoms with Gasteiger partial charge in [-0.15, -0.1) is 0 Å². The summed E-state index contributed by atoms with van der Waals surface area (Å²) in [6, 6.07) is 21.3. The maximum atomic E-state index is 12.3. The third-order valence-corrected chi connectivity index (χ3v) is 5.61. The first-order valence-corrected chi connectivity index (χ1v) is 9.61. The molecule has 0 radical (unpaired) electrons. The molecule has 1 aliphatic rings. The molecular formula is C22H19Cl2NO3. The molecule has 4 nitrogen and oxygen atoms in total. The average Bonchev–Trinajstić information content (AvgIpc) is 3.22. The molecule has 0 spiro atoms. The van der Waals surface area contributed by atoms with Crippen LogP contribution in [0.2, 0.25) is 10.0 Å². The van der Waals surface area contributed by atoms with Crippen LogP contribution in [-0.2, 0) is 20.9 Å². The molecule has 6 heteroatoms. The standard InChI is InChI=1S/C22H19Cl2NO3/c23-17-11-9-16(10-12-17)22(27-13-14-28-22)21(26,15-5-2-1-3-6-15)18-7-4-8-19(24)20(18)25/h1-12,26H,13-14,25H2. The van der Waals surface area contributed by atoms with Gasteiger partial charge in [0.05, 0.1) is 23.9 Å². The second kappa shape index (κ2) is 7.39. The van der Waals surface area contributed by atoms with E-state index in [1.165, 1.54) is 0 Å². The van der Waals surface area contributed by atoms with E-state index in [-0.39, 0.29) is 5.69 Å². The molecule has 1 aliphatic heterocycles. The summed E-state index contributed by atoms with van der Waals surface area (Å²) in [5, 5.41) is 13.2. The highest BCUT2D eigenvalue weighted by molar-refractivity contribution is 6.33. The van der Waals surface area contributed by atoms with Crippen LogP contribution < -0.4 is 5.73 Å². The highest BCUT2D eigenvalue weighted by atomic mass is 35.5. The van der Waals surface area contributed by atoms with E-state index in [0.29, 0.717) is 39.9 Å². The molecule has 144 valence electrons. The normalized spacial score (nSPS) is 18.0. The Morgan fingerprint density at radius 3 is 2.14 bits per heavy atom. The molecule has 28 heavy (non-hydrogen) atoms. The molecule has 1 unspecified atom stereocenters. The lowest BCUT2D eigenvalue weighted by atomic mass is 9.75. The van der Waals surface area contributed by atoms with Gasteiger partial charge in [0.2, 0.25) is 5.79 Å². The van der Waals surface area contributed by atoms with E-state index in [2.05, 4.69) is 0 Å². The average molecular weight is 416 g/mol. The summed E-state index contributed by atoms with van der Waals surface area (Å²) in [6.45, 7) is 0.635. The van der Waals surface area contributed by atoms with E-state index in [1.54, 1.807) is 42.5 Å². The van der Waals surface area contributed by atoms with Crippen LogP contribution in [0.25, 0.3) is 0 Å². The van der Waals surface area contributed by atoms with Crippen LogP contribution in [0, 0.1) is 0 Å². The molecule has 3 N–H and O–H groups in total. The van der Waals surface area contributed by atoms with E-state index in [1.807, 2.05) is 30.3 Å². The highest BCUT2D eigenvalue weighted by Crippen LogP contribution is 2.52. The van der Waals surface area contributed by atoms with Gasteiger partial charge < -0.3 is 20.3 Å². The minimum Gasteiger partial charge on any atom is -0.397 e. The van der Waals surface area contributed by atoms with Crippen molar-refractivity contribution in [2.45, 2.75) is 11.4 Å². The maximum absolute atomic E-state index is 12.3. The lowest BCUT2D eigenvalue weighted by Gasteiger charge is -2.44. The molecule has 0 aliphatic carbocycles. The number of anilines is 1. The summed E-state index contributed by atoms with van der Waals surface area (Å²) in [7, 11) is 0. The second-order valence-corrected chi connectivity index (χ2v) is 7.44. The topological polar surface area (TPSA) is 64.7 Å². The Morgan fingerprint density at radius 1 is 0.857 bits per heavy atom. The molecule has 1 fully saturated rings.